The van der Waals surface area contributed by atoms with Gasteiger partial charge in [0, 0.05) is 54.0 Å². The SMILES string of the molecule is CC1CCc2ncnc(N3CCN(C(=O)C(c4cccc(Cl)c4)C4CCC(C)(C)N4)CC3)c21. The first kappa shape index (κ1) is 22.6. The highest BCUT2D eigenvalue weighted by Crippen LogP contribution is 2.38. The second kappa shape index (κ2) is 8.88. The van der Waals surface area contributed by atoms with E-state index in [4.69, 9.17) is 11.6 Å². The van der Waals surface area contributed by atoms with Crippen molar-refractivity contribution in [3.63, 3.8) is 0 Å². The van der Waals surface area contributed by atoms with E-state index in [0.717, 1.165) is 50.2 Å². The Labute approximate surface area is 201 Å². The van der Waals surface area contributed by atoms with Gasteiger partial charge in [-0.1, -0.05) is 30.7 Å². The monoisotopic (exact) mass is 467 g/mol. The van der Waals surface area contributed by atoms with Crippen LogP contribution in [0, 0.1) is 0 Å². The van der Waals surface area contributed by atoms with Gasteiger partial charge in [0.25, 0.3) is 0 Å². The van der Waals surface area contributed by atoms with E-state index in [1.807, 2.05) is 29.2 Å². The minimum atomic E-state index is -0.222. The molecule has 3 unspecified atom stereocenters. The first-order valence-electron chi connectivity index (χ1n) is 12.2. The van der Waals surface area contributed by atoms with Crippen LogP contribution in [0.2, 0.25) is 5.02 Å². The number of nitrogens with one attached hydrogen (secondary N) is 1. The fraction of sp³-hybridized carbons (Fsp3) is 0.577. The lowest BCUT2D eigenvalue weighted by atomic mass is 9.88. The van der Waals surface area contributed by atoms with Gasteiger partial charge in [0.2, 0.25) is 5.91 Å². The highest BCUT2D eigenvalue weighted by Gasteiger charge is 2.41. The molecule has 7 heteroatoms. The number of benzene rings is 1. The van der Waals surface area contributed by atoms with Crippen molar-refractivity contribution in [1.29, 1.82) is 0 Å². The van der Waals surface area contributed by atoms with Crippen molar-refractivity contribution in [2.75, 3.05) is 31.1 Å². The molecule has 2 aromatic rings. The molecule has 1 amide bonds. The topological polar surface area (TPSA) is 61.4 Å². The third kappa shape index (κ3) is 4.47. The lowest BCUT2D eigenvalue weighted by Crippen LogP contribution is -2.53. The summed E-state index contributed by atoms with van der Waals surface area (Å²) in [4.78, 5) is 27.4. The average Bonchev–Trinajstić information content (AvgIpc) is 3.36. The van der Waals surface area contributed by atoms with Crippen LogP contribution < -0.4 is 10.2 Å². The number of halogens is 1. The molecule has 2 aliphatic heterocycles. The third-order valence-electron chi connectivity index (χ3n) is 7.68. The van der Waals surface area contributed by atoms with Crippen LogP contribution in [0.5, 0.6) is 0 Å². The maximum atomic E-state index is 13.9. The Hall–Kier alpha value is -2.18. The smallest absolute Gasteiger partial charge is 0.231 e. The van der Waals surface area contributed by atoms with Crippen molar-refractivity contribution in [2.45, 2.75) is 69.9 Å². The molecule has 0 radical (unpaired) electrons. The van der Waals surface area contributed by atoms with Gasteiger partial charge in [-0.25, -0.2) is 9.97 Å². The van der Waals surface area contributed by atoms with E-state index in [2.05, 4.69) is 41.0 Å². The molecule has 1 aromatic carbocycles. The molecule has 2 fully saturated rings. The number of fused-ring (bicyclic) bond motifs is 1. The van der Waals surface area contributed by atoms with Gasteiger partial charge in [-0.05, 0) is 63.1 Å². The molecule has 0 saturated carbocycles. The van der Waals surface area contributed by atoms with Crippen molar-refractivity contribution in [3.8, 4) is 0 Å². The largest absolute Gasteiger partial charge is 0.353 e. The predicted octanol–water partition coefficient (Wildman–Crippen LogP) is 4.14. The van der Waals surface area contributed by atoms with Crippen LogP contribution in [0.4, 0.5) is 5.82 Å². The molecule has 1 aliphatic carbocycles. The summed E-state index contributed by atoms with van der Waals surface area (Å²) in [7, 11) is 0. The van der Waals surface area contributed by atoms with Crippen LogP contribution in [0.15, 0.2) is 30.6 Å². The molecular formula is C26H34ClN5O. The van der Waals surface area contributed by atoms with Crippen LogP contribution in [0.25, 0.3) is 0 Å². The third-order valence-corrected chi connectivity index (χ3v) is 7.91. The fourth-order valence-corrected chi connectivity index (χ4v) is 6.07. The van der Waals surface area contributed by atoms with E-state index >= 15 is 0 Å². The van der Waals surface area contributed by atoms with Crippen molar-refractivity contribution in [2.24, 2.45) is 0 Å². The molecule has 3 atom stereocenters. The number of aromatic nitrogens is 2. The Kier molecular flexibility index (Phi) is 6.08. The zero-order chi connectivity index (χ0) is 23.2. The number of carbonyl (C=O) groups excluding carboxylic acids is 1. The molecule has 1 N–H and O–H groups in total. The lowest BCUT2D eigenvalue weighted by Gasteiger charge is -2.39. The molecule has 176 valence electrons. The average molecular weight is 468 g/mol. The number of aryl methyl sites for hydroxylation is 1. The number of hydrogen-bond acceptors (Lipinski definition) is 5. The Morgan fingerprint density at radius 3 is 2.67 bits per heavy atom. The predicted molar refractivity (Wildman–Crippen MR) is 132 cm³/mol. The fourth-order valence-electron chi connectivity index (χ4n) is 5.87. The highest BCUT2D eigenvalue weighted by atomic mass is 35.5. The Morgan fingerprint density at radius 2 is 1.97 bits per heavy atom. The zero-order valence-electron chi connectivity index (χ0n) is 19.9. The van der Waals surface area contributed by atoms with Crippen LogP contribution >= 0.6 is 11.6 Å². The van der Waals surface area contributed by atoms with Gasteiger partial charge in [0.15, 0.2) is 0 Å². The van der Waals surface area contributed by atoms with Crippen molar-refractivity contribution in [1.82, 2.24) is 20.2 Å². The summed E-state index contributed by atoms with van der Waals surface area (Å²) in [5.41, 5.74) is 3.56. The van der Waals surface area contributed by atoms with Crippen molar-refractivity contribution < 1.29 is 4.79 Å². The van der Waals surface area contributed by atoms with Crippen LogP contribution in [-0.4, -0.2) is 58.5 Å². The summed E-state index contributed by atoms with van der Waals surface area (Å²) in [6, 6.07) is 7.95. The van der Waals surface area contributed by atoms with E-state index in [-0.39, 0.29) is 23.4 Å². The van der Waals surface area contributed by atoms with Crippen molar-refractivity contribution in [3.05, 3.63) is 52.4 Å². The standard InChI is InChI=1S/C26H34ClN5O/c1-17-7-8-20-22(17)24(29-16-28-20)31-11-13-32(14-12-31)25(33)23(18-5-4-6-19(27)15-18)21-9-10-26(2,3)30-21/h4-6,15-17,21,23,30H,7-14H2,1-3H3. The summed E-state index contributed by atoms with van der Waals surface area (Å²) in [6.45, 7) is 9.71. The molecule has 0 spiro atoms. The van der Waals surface area contributed by atoms with Gasteiger partial charge in [-0.3, -0.25) is 4.79 Å². The summed E-state index contributed by atoms with van der Waals surface area (Å²) >= 11 is 6.32. The minimum Gasteiger partial charge on any atom is -0.353 e. The molecule has 1 aromatic heterocycles. The molecule has 2 saturated heterocycles. The number of amides is 1. The van der Waals surface area contributed by atoms with E-state index in [9.17, 15) is 4.79 Å². The van der Waals surface area contributed by atoms with Crippen molar-refractivity contribution >= 4 is 23.3 Å². The number of hydrogen-bond donors (Lipinski definition) is 1. The zero-order valence-corrected chi connectivity index (χ0v) is 20.6. The number of nitrogens with zero attached hydrogens (tertiary/aromatic N) is 4. The van der Waals surface area contributed by atoms with Gasteiger partial charge in [-0.2, -0.15) is 0 Å². The second-order valence-electron chi connectivity index (χ2n) is 10.5. The first-order chi connectivity index (χ1) is 15.8. The maximum absolute atomic E-state index is 13.9. The van der Waals surface area contributed by atoms with E-state index in [1.54, 1.807) is 6.33 Å². The summed E-state index contributed by atoms with van der Waals surface area (Å²) in [5, 5.41) is 4.40. The van der Waals surface area contributed by atoms with E-state index in [0.29, 0.717) is 24.0 Å². The number of anilines is 1. The molecule has 0 bridgehead atoms. The Bertz CT molecular complexity index is 1030. The summed E-state index contributed by atoms with van der Waals surface area (Å²) in [5.74, 6) is 1.55. The van der Waals surface area contributed by atoms with Gasteiger partial charge in [-0.15, -0.1) is 0 Å². The van der Waals surface area contributed by atoms with Gasteiger partial charge in [0.05, 0.1) is 5.92 Å². The molecular weight excluding hydrogens is 434 g/mol. The van der Waals surface area contributed by atoms with Crippen LogP contribution in [0.3, 0.4) is 0 Å². The molecule has 6 nitrogen and oxygen atoms in total. The Morgan fingerprint density at radius 1 is 1.18 bits per heavy atom. The molecule has 3 heterocycles. The minimum absolute atomic E-state index is 0.0462. The van der Waals surface area contributed by atoms with Gasteiger partial charge < -0.3 is 15.1 Å². The Balaban J connectivity index is 1.34. The van der Waals surface area contributed by atoms with Gasteiger partial charge >= 0.3 is 0 Å². The van der Waals surface area contributed by atoms with E-state index in [1.165, 1.54) is 11.3 Å². The lowest BCUT2D eigenvalue weighted by molar-refractivity contribution is -0.133. The normalized spacial score (nSPS) is 25.2. The molecule has 5 rings (SSSR count). The second-order valence-corrected chi connectivity index (χ2v) is 11.0. The van der Waals surface area contributed by atoms with Crippen LogP contribution in [0.1, 0.15) is 68.7 Å². The van der Waals surface area contributed by atoms with E-state index < -0.39 is 0 Å². The summed E-state index contributed by atoms with van der Waals surface area (Å²) < 4.78 is 0. The van der Waals surface area contributed by atoms with Gasteiger partial charge in [0.1, 0.15) is 12.1 Å². The molecule has 3 aliphatic rings. The quantitative estimate of drug-likeness (QED) is 0.732. The summed E-state index contributed by atoms with van der Waals surface area (Å²) in [6.07, 6.45) is 5.93. The highest BCUT2D eigenvalue weighted by molar-refractivity contribution is 6.30. The number of carbonyl (C=O) groups is 1. The first-order valence-corrected chi connectivity index (χ1v) is 12.6. The number of rotatable bonds is 4. The molecule has 33 heavy (non-hydrogen) atoms. The number of piperazine rings is 1. The maximum Gasteiger partial charge on any atom is 0.231 e. The van der Waals surface area contributed by atoms with Crippen LogP contribution in [-0.2, 0) is 11.2 Å².